The second kappa shape index (κ2) is 9.18. The van der Waals surface area contributed by atoms with Crippen molar-refractivity contribution in [1.29, 1.82) is 0 Å². The molecule has 3 aromatic rings. The van der Waals surface area contributed by atoms with E-state index in [2.05, 4.69) is 0 Å². The van der Waals surface area contributed by atoms with Gasteiger partial charge in [-0.2, -0.15) is 0 Å². The predicted octanol–water partition coefficient (Wildman–Crippen LogP) is 3.75. The summed E-state index contributed by atoms with van der Waals surface area (Å²) in [5.41, 5.74) is 0.258. The molecule has 1 N–H and O–H groups in total. The summed E-state index contributed by atoms with van der Waals surface area (Å²) in [6, 6.07) is 9.30. The van der Waals surface area contributed by atoms with Crippen molar-refractivity contribution < 1.29 is 23.8 Å². The molecule has 3 rings (SSSR count). The van der Waals surface area contributed by atoms with Crippen molar-refractivity contribution in [3.63, 3.8) is 0 Å². The Kier molecular flexibility index (Phi) is 6.60. The van der Waals surface area contributed by atoms with Gasteiger partial charge in [0.2, 0.25) is 0 Å². The maximum absolute atomic E-state index is 15.0. The number of pyridine rings is 1. The van der Waals surface area contributed by atoms with Crippen molar-refractivity contribution >= 4 is 16.9 Å². The fourth-order valence-electron chi connectivity index (χ4n) is 3.50. The lowest BCUT2D eigenvalue weighted by atomic mass is 10.0. The highest BCUT2D eigenvalue weighted by Crippen LogP contribution is 2.32. The van der Waals surface area contributed by atoms with Crippen molar-refractivity contribution in [3.8, 4) is 22.6 Å². The third-order valence-corrected chi connectivity index (χ3v) is 4.92. The van der Waals surface area contributed by atoms with Crippen LogP contribution in [0.15, 0.2) is 47.4 Å². The number of fused-ring (bicyclic) bond motifs is 1. The van der Waals surface area contributed by atoms with Crippen molar-refractivity contribution in [3.05, 3.63) is 58.6 Å². The van der Waals surface area contributed by atoms with Gasteiger partial charge in [0.05, 0.1) is 24.6 Å². The van der Waals surface area contributed by atoms with E-state index in [0.717, 1.165) is 0 Å². The summed E-state index contributed by atoms with van der Waals surface area (Å²) >= 11 is 0. The number of methoxy groups -OCH3 is 1. The Morgan fingerprint density at radius 2 is 1.87 bits per heavy atom. The number of benzene rings is 2. The number of aromatic nitrogens is 1. The molecule has 0 bridgehead atoms. The van der Waals surface area contributed by atoms with E-state index < -0.39 is 23.4 Å². The number of hydrogen-bond donors (Lipinski definition) is 1. The maximum atomic E-state index is 15.0. The van der Waals surface area contributed by atoms with E-state index in [9.17, 15) is 19.1 Å². The minimum atomic E-state index is -1.19. The van der Waals surface area contributed by atoms with Gasteiger partial charge in [-0.1, -0.05) is 19.1 Å². The van der Waals surface area contributed by atoms with Gasteiger partial charge in [-0.25, -0.2) is 9.18 Å². The highest BCUT2D eigenvalue weighted by Gasteiger charge is 2.27. The van der Waals surface area contributed by atoms with Crippen LogP contribution >= 0.6 is 0 Å². The summed E-state index contributed by atoms with van der Waals surface area (Å²) in [6.45, 7) is 2.26. The molecule has 7 nitrogen and oxygen atoms in total. The van der Waals surface area contributed by atoms with Gasteiger partial charge in [-0.3, -0.25) is 9.69 Å². The van der Waals surface area contributed by atoms with E-state index in [1.54, 1.807) is 38.4 Å². The molecular formula is C23H25FN2O5. The first kappa shape index (κ1) is 22.3. The van der Waals surface area contributed by atoms with Crippen molar-refractivity contribution in [2.45, 2.75) is 19.5 Å². The first-order valence-corrected chi connectivity index (χ1v) is 9.84. The quantitative estimate of drug-likeness (QED) is 0.589. The zero-order valence-electron chi connectivity index (χ0n) is 17.9. The molecule has 0 aliphatic heterocycles. The van der Waals surface area contributed by atoms with E-state index in [-0.39, 0.29) is 22.2 Å². The molecule has 0 radical (unpaired) electrons. The van der Waals surface area contributed by atoms with Crippen LogP contribution < -0.4 is 14.9 Å². The zero-order valence-corrected chi connectivity index (χ0v) is 17.9. The topological polar surface area (TPSA) is 81.0 Å². The van der Waals surface area contributed by atoms with Crippen LogP contribution in [0, 0.1) is 5.82 Å². The van der Waals surface area contributed by atoms with Crippen LogP contribution in [0.1, 0.15) is 19.5 Å². The van der Waals surface area contributed by atoms with E-state index in [0.29, 0.717) is 24.3 Å². The van der Waals surface area contributed by atoms with Crippen molar-refractivity contribution in [2.24, 2.45) is 0 Å². The monoisotopic (exact) mass is 428 g/mol. The van der Waals surface area contributed by atoms with Crippen LogP contribution in [-0.4, -0.2) is 48.4 Å². The molecule has 0 saturated carbocycles. The number of nitrogens with zero attached hydrogens (tertiary/aromatic N) is 2. The number of carboxylic acid groups (broad SMARTS) is 1. The highest BCUT2D eigenvalue weighted by atomic mass is 19.1. The molecule has 164 valence electrons. The summed E-state index contributed by atoms with van der Waals surface area (Å²) < 4.78 is 27.2. The SMILES string of the molecule is CCCOc1ccc(F)c2c(=O)c(-c3ccc(OC)cc3)cn(C(C(=O)O)N(C)C)c12. The Morgan fingerprint density at radius 1 is 1.19 bits per heavy atom. The van der Waals surface area contributed by atoms with Crippen LogP contribution in [0.3, 0.4) is 0 Å². The van der Waals surface area contributed by atoms with Crippen LogP contribution in [0.5, 0.6) is 11.5 Å². The van der Waals surface area contributed by atoms with Crippen molar-refractivity contribution in [1.82, 2.24) is 9.47 Å². The lowest BCUT2D eigenvalue weighted by Gasteiger charge is -2.26. The highest BCUT2D eigenvalue weighted by molar-refractivity contribution is 5.90. The first-order valence-electron chi connectivity index (χ1n) is 9.84. The molecule has 0 saturated heterocycles. The molecular weight excluding hydrogens is 403 g/mol. The molecule has 2 aromatic carbocycles. The van der Waals surface area contributed by atoms with Gasteiger partial charge in [0.1, 0.15) is 17.3 Å². The zero-order chi connectivity index (χ0) is 22.7. The fourth-order valence-corrected chi connectivity index (χ4v) is 3.50. The van der Waals surface area contributed by atoms with Crippen molar-refractivity contribution in [2.75, 3.05) is 27.8 Å². The van der Waals surface area contributed by atoms with Gasteiger partial charge in [0, 0.05) is 11.8 Å². The number of ether oxygens (including phenoxy) is 2. The Hall–Kier alpha value is -3.39. The second-order valence-corrected chi connectivity index (χ2v) is 7.30. The van der Waals surface area contributed by atoms with Crippen LogP contribution in [-0.2, 0) is 4.79 Å². The molecule has 8 heteroatoms. The Bertz CT molecular complexity index is 1160. The van der Waals surface area contributed by atoms with Gasteiger partial charge < -0.3 is 19.1 Å². The number of carbonyl (C=O) groups is 1. The lowest BCUT2D eigenvalue weighted by molar-refractivity contribution is -0.145. The third-order valence-electron chi connectivity index (χ3n) is 4.92. The second-order valence-electron chi connectivity index (χ2n) is 7.30. The summed E-state index contributed by atoms with van der Waals surface area (Å²) in [4.78, 5) is 26.9. The number of halogens is 1. The predicted molar refractivity (Wildman–Crippen MR) is 116 cm³/mol. The number of rotatable bonds is 8. The summed E-state index contributed by atoms with van der Waals surface area (Å²) in [7, 11) is 4.73. The minimum absolute atomic E-state index is 0.108. The van der Waals surface area contributed by atoms with Gasteiger partial charge >= 0.3 is 5.97 Å². The van der Waals surface area contributed by atoms with Gasteiger partial charge in [0.15, 0.2) is 11.6 Å². The van der Waals surface area contributed by atoms with Gasteiger partial charge in [-0.05, 0) is 50.3 Å². The minimum Gasteiger partial charge on any atom is -0.497 e. The molecule has 31 heavy (non-hydrogen) atoms. The molecule has 0 aliphatic carbocycles. The number of carboxylic acids is 1. The van der Waals surface area contributed by atoms with E-state index in [1.165, 1.54) is 34.9 Å². The largest absolute Gasteiger partial charge is 0.497 e. The molecule has 1 aromatic heterocycles. The normalized spacial score (nSPS) is 12.2. The summed E-state index contributed by atoms with van der Waals surface area (Å²) in [5, 5.41) is 9.69. The van der Waals surface area contributed by atoms with Crippen LogP contribution in [0.25, 0.3) is 22.0 Å². The van der Waals surface area contributed by atoms with E-state index in [1.807, 2.05) is 6.92 Å². The standard InChI is InChI=1S/C23H25FN2O5/c1-5-12-31-18-11-10-17(24)19-20(18)26(22(23(28)29)25(2)3)13-16(21(19)27)14-6-8-15(30-4)9-7-14/h6-11,13,22H,5,12H2,1-4H3,(H,28,29). The molecule has 0 fully saturated rings. The molecule has 1 heterocycles. The molecule has 1 atom stereocenters. The van der Waals surface area contributed by atoms with Crippen LogP contribution in [0.2, 0.25) is 0 Å². The Labute approximate surface area is 179 Å². The fraction of sp³-hybridized carbons (Fsp3) is 0.304. The van der Waals surface area contributed by atoms with E-state index >= 15 is 0 Å². The van der Waals surface area contributed by atoms with Gasteiger partial charge in [-0.15, -0.1) is 0 Å². The maximum Gasteiger partial charge on any atom is 0.342 e. The molecule has 0 spiro atoms. The molecule has 0 aliphatic rings. The first-order chi connectivity index (χ1) is 14.8. The van der Waals surface area contributed by atoms with Gasteiger partial charge in [0.25, 0.3) is 0 Å². The summed E-state index contributed by atoms with van der Waals surface area (Å²) in [6.07, 6.45) is 0.956. The average Bonchev–Trinajstić information content (AvgIpc) is 2.74. The van der Waals surface area contributed by atoms with E-state index in [4.69, 9.17) is 9.47 Å². The smallest absolute Gasteiger partial charge is 0.342 e. The average molecular weight is 428 g/mol. The third kappa shape index (κ3) is 4.25. The Balaban J connectivity index is 2.43. The van der Waals surface area contributed by atoms with Crippen LogP contribution in [0.4, 0.5) is 4.39 Å². The molecule has 1 unspecified atom stereocenters. The number of aliphatic carboxylic acids is 1. The Morgan fingerprint density at radius 3 is 2.42 bits per heavy atom. The molecule has 0 amide bonds. The lowest BCUT2D eigenvalue weighted by Crippen LogP contribution is -2.34. The number of hydrogen-bond acceptors (Lipinski definition) is 5. The number of likely N-dealkylation sites (N-methyl/N-ethyl adjacent to an activating group) is 1. The summed E-state index contributed by atoms with van der Waals surface area (Å²) in [5.74, 6) is -1.04.